The van der Waals surface area contributed by atoms with Crippen LogP contribution in [0.4, 0.5) is 14.6 Å². The third-order valence-electron chi connectivity index (χ3n) is 4.39. The number of carbonyl (C=O) groups is 2. The van der Waals surface area contributed by atoms with Crippen LogP contribution in [-0.4, -0.2) is 39.4 Å². The highest BCUT2D eigenvalue weighted by atomic mass is 19.1. The molecule has 2 amide bonds. The lowest BCUT2D eigenvalue weighted by Gasteiger charge is -2.14. The number of ether oxygens (including phenoxy) is 1. The molecule has 1 aliphatic heterocycles. The van der Waals surface area contributed by atoms with Crippen LogP contribution in [0.2, 0.25) is 0 Å². The minimum atomic E-state index is -1.10. The minimum absolute atomic E-state index is 0.0478. The number of pyridine rings is 1. The summed E-state index contributed by atoms with van der Waals surface area (Å²) in [5, 5.41) is 4.93. The van der Waals surface area contributed by atoms with Crippen molar-refractivity contribution in [3.05, 3.63) is 65.7 Å². The summed E-state index contributed by atoms with van der Waals surface area (Å²) in [4.78, 5) is 36.9. The number of rotatable bonds is 3. The zero-order valence-corrected chi connectivity index (χ0v) is 15.6. The molecule has 3 heterocycles. The summed E-state index contributed by atoms with van der Waals surface area (Å²) < 4.78 is 32.9. The van der Waals surface area contributed by atoms with Crippen LogP contribution in [0.5, 0.6) is 5.75 Å². The molecule has 2 aromatic heterocycles. The first-order chi connectivity index (χ1) is 14.4. The van der Waals surface area contributed by atoms with Crippen LogP contribution in [0.1, 0.15) is 16.2 Å². The second kappa shape index (κ2) is 7.82. The summed E-state index contributed by atoms with van der Waals surface area (Å²) in [6, 6.07) is 6.02. The van der Waals surface area contributed by atoms with Crippen molar-refractivity contribution in [1.82, 2.24) is 20.3 Å². The lowest BCUT2D eigenvalue weighted by Crippen LogP contribution is -2.46. The highest BCUT2D eigenvalue weighted by Crippen LogP contribution is 2.25. The van der Waals surface area contributed by atoms with Crippen LogP contribution in [0.25, 0.3) is 11.3 Å². The van der Waals surface area contributed by atoms with E-state index in [1.807, 2.05) is 0 Å². The predicted octanol–water partition coefficient (Wildman–Crippen LogP) is 2.25. The van der Waals surface area contributed by atoms with Crippen molar-refractivity contribution in [3.8, 4) is 17.0 Å². The number of hydrogen-bond acceptors (Lipinski definition) is 6. The van der Waals surface area contributed by atoms with Gasteiger partial charge in [-0.15, -0.1) is 0 Å². The monoisotopic (exact) mass is 411 g/mol. The molecule has 30 heavy (non-hydrogen) atoms. The number of halogens is 2. The number of hydrogen-bond donors (Lipinski definition) is 2. The third-order valence-corrected chi connectivity index (χ3v) is 4.39. The number of nitrogens with one attached hydrogen (secondary N) is 2. The summed E-state index contributed by atoms with van der Waals surface area (Å²) >= 11 is 0. The largest absolute Gasteiger partial charge is 0.487 e. The molecule has 1 aromatic carbocycles. The smallest absolute Gasteiger partial charge is 0.289 e. The van der Waals surface area contributed by atoms with Crippen molar-refractivity contribution >= 4 is 17.6 Å². The molecule has 152 valence electrons. The Morgan fingerprint density at radius 1 is 1.23 bits per heavy atom. The minimum Gasteiger partial charge on any atom is -0.487 e. The Morgan fingerprint density at radius 3 is 2.83 bits per heavy atom. The first-order valence-electron chi connectivity index (χ1n) is 8.91. The molecule has 0 fully saturated rings. The van der Waals surface area contributed by atoms with Gasteiger partial charge in [0.25, 0.3) is 11.8 Å². The second-order valence-electron chi connectivity index (χ2n) is 6.53. The zero-order chi connectivity index (χ0) is 21.3. The van der Waals surface area contributed by atoms with Crippen LogP contribution >= 0.6 is 0 Å². The van der Waals surface area contributed by atoms with E-state index in [4.69, 9.17) is 4.74 Å². The van der Waals surface area contributed by atoms with Gasteiger partial charge in [-0.2, -0.15) is 0 Å². The maximum atomic E-state index is 14.2. The summed E-state index contributed by atoms with van der Waals surface area (Å²) in [5.74, 6) is -2.60. The van der Waals surface area contributed by atoms with Crippen molar-refractivity contribution in [1.29, 1.82) is 0 Å². The number of nitrogens with zero attached hydrogens (tertiary/aromatic N) is 3. The van der Waals surface area contributed by atoms with Crippen molar-refractivity contribution < 1.29 is 23.1 Å². The standard InChI is InChI=1S/C20H15F2N5O3/c1-10-7-23-18(26-16(10)12-4-2-3-5-13(12)22)20(29)25-14-9-30-15-6-11(21)8-24-17(15)27-19(14)28/h2-8,14H,9H2,1H3,(H,25,29)(H,24,27,28)/t14-/m0/s1. The van der Waals surface area contributed by atoms with Gasteiger partial charge in [0.05, 0.1) is 11.9 Å². The summed E-state index contributed by atoms with van der Waals surface area (Å²) in [6.45, 7) is 1.45. The molecular weight excluding hydrogens is 396 g/mol. The van der Waals surface area contributed by atoms with E-state index in [1.54, 1.807) is 25.1 Å². The molecule has 1 aliphatic rings. The van der Waals surface area contributed by atoms with Gasteiger partial charge in [0.1, 0.15) is 24.3 Å². The normalized spacial score (nSPS) is 15.4. The number of aromatic nitrogens is 3. The van der Waals surface area contributed by atoms with Gasteiger partial charge in [0, 0.05) is 17.8 Å². The number of carbonyl (C=O) groups excluding carboxylic acids is 2. The van der Waals surface area contributed by atoms with E-state index < -0.39 is 29.5 Å². The molecular formula is C20H15F2N5O3. The highest BCUT2D eigenvalue weighted by Gasteiger charge is 2.28. The molecule has 2 N–H and O–H groups in total. The van der Waals surface area contributed by atoms with Gasteiger partial charge in [0.2, 0.25) is 5.82 Å². The Hall–Kier alpha value is -3.95. The quantitative estimate of drug-likeness (QED) is 0.685. The van der Waals surface area contributed by atoms with Gasteiger partial charge in [-0.25, -0.2) is 23.7 Å². The maximum Gasteiger partial charge on any atom is 0.289 e. The molecule has 0 unspecified atom stereocenters. The predicted molar refractivity (Wildman–Crippen MR) is 102 cm³/mol. The Balaban J connectivity index is 1.55. The van der Waals surface area contributed by atoms with Gasteiger partial charge in [0.15, 0.2) is 11.6 Å². The van der Waals surface area contributed by atoms with Crippen molar-refractivity contribution in [2.75, 3.05) is 11.9 Å². The van der Waals surface area contributed by atoms with E-state index in [2.05, 4.69) is 25.6 Å². The fourth-order valence-electron chi connectivity index (χ4n) is 2.88. The second-order valence-corrected chi connectivity index (χ2v) is 6.53. The van der Waals surface area contributed by atoms with Gasteiger partial charge >= 0.3 is 0 Å². The van der Waals surface area contributed by atoms with E-state index >= 15 is 0 Å². The van der Waals surface area contributed by atoms with Gasteiger partial charge in [-0.3, -0.25) is 9.59 Å². The summed E-state index contributed by atoms with van der Waals surface area (Å²) in [5.41, 5.74) is 1.07. The van der Waals surface area contributed by atoms with Crippen LogP contribution in [0.15, 0.2) is 42.7 Å². The topological polar surface area (TPSA) is 106 Å². The van der Waals surface area contributed by atoms with E-state index in [0.29, 0.717) is 5.56 Å². The van der Waals surface area contributed by atoms with E-state index in [1.165, 1.54) is 12.3 Å². The Kier molecular flexibility index (Phi) is 5.05. The molecule has 0 saturated carbocycles. The molecule has 0 radical (unpaired) electrons. The molecule has 4 rings (SSSR count). The Labute approximate surface area is 169 Å². The Bertz CT molecular complexity index is 1160. The lowest BCUT2D eigenvalue weighted by atomic mass is 10.1. The van der Waals surface area contributed by atoms with Crippen LogP contribution in [0, 0.1) is 18.6 Å². The zero-order valence-electron chi connectivity index (χ0n) is 15.6. The molecule has 0 bridgehead atoms. The average molecular weight is 411 g/mol. The fraction of sp³-hybridized carbons (Fsp3) is 0.150. The molecule has 0 aliphatic carbocycles. The van der Waals surface area contributed by atoms with Crippen molar-refractivity contribution in [2.45, 2.75) is 13.0 Å². The number of benzene rings is 1. The average Bonchev–Trinajstić information content (AvgIpc) is 2.87. The van der Waals surface area contributed by atoms with Crippen molar-refractivity contribution in [3.63, 3.8) is 0 Å². The third kappa shape index (κ3) is 3.79. The van der Waals surface area contributed by atoms with Gasteiger partial charge in [-0.1, -0.05) is 12.1 Å². The lowest BCUT2D eigenvalue weighted by molar-refractivity contribution is -0.118. The summed E-state index contributed by atoms with van der Waals surface area (Å²) in [7, 11) is 0. The van der Waals surface area contributed by atoms with Gasteiger partial charge < -0.3 is 15.4 Å². The molecule has 3 aromatic rings. The first kappa shape index (κ1) is 19.4. The molecule has 8 nitrogen and oxygen atoms in total. The number of amides is 2. The van der Waals surface area contributed by atoms with E-state index in [0.717, 1.165) is 12.3 Å². The molecule has 0 spiro atoms. The van der Waals surface area contributed by atoms with Crippen LogP contribution < -0.4 is 15.4 Å². The number of aryl methyl sites for hydroxylation is 1. The molecule has 10 heteroatoms. The summed E-state index contributed by atoms with van der Waals surface area (Å²) in [6.07, 6.45) is 2.33. The van der Waals surface area contributed by atoms with E-state index in [9.17, 15) is 18.4 Å². The van der Waals surface area contributed by atoms with E-state index in [-0.39, 0.29) is 35.3 Å². The number of fused-ring (bicyclic) bond motifs is 1. The van der Waals surface area contributed by atoms with Crippen LogP contribution in [-0.2, 0) is 4.79 Å². The first-order valence-corrected chi connectivity index (χ1v) is 8.91. The number of anilines is 1. The Morgan fingerprint density at radius 2 is 2.03 bits per heavy atom. The van der Waals surface area contributed by atoms with Gasteiger partial charge in [-0.05, 0) is 24.6 Å². The SMILES string of the molecule is Cc1cnc(C(=O)N[C@H]2COc3cc(F)cnc3NC2=O)nc1-c1ccccc1F. The van der Waals surface area contributed by atoms with Crippen LogP contribution in [0.3, 0.4) is 0 Å². The fourth-order valence-corrected chi connectivity index (χ4v) is 2.88. The molecule has 0 saturated heterocycles. The molecule has 1 atom stereocenters. The van der Waals surface area contributed by atoms with Crippen molar-refractivity contribution in [2.24, 2.45) is 0 Å². The highest BCUT2D eigenvalue weighted by molar-refractivity contribution is 6.00. The maximum absolute atomic E-state index is 14.2.